The van der Waals surface area contributed by atoms with Gasteiger partial charge in [-0.05, 0) is 37.5 Å². The SMILES string of the molecule is Cc1ccc(NC(=O)C2CC(=O)N(CC3CCCO3)C2)cc1Br. The molecule has 23 heavy (non-hydrogen) atoms. The zero-order valence-electron chi connectivity index (χ0n) is 13.2. The molecule has 0 radical (unpaired) electrons. The Balaban J connectivity index is 1.57. The number of carbonyl (C=O) groups is 2. The van der Waals surface area contributed by atoms with Crippen LogP contribution in [0.5, 0.6) is 0 Å². The molecule has 2 atom stereocenters. The summed E-state index contributed by atoms with van der Waals surface area (Å²) in [5.41, 5.74) is 1.86. The summed E-state index contributed by atoms with van der Waals surface area (Å²) >= 11 is 3.46. The van der Waals surface area contributed by atoms with E-state index in [0.29, 0.717) is 13.1 Å². The molecule has 2 aliphatic rings. The number of hydrogen-bond acceptors (Lipinski definition) is 3. The first-order valence-electron chi connectivity index (χ1n) is 7.99. The van der Waals surface area contributed by atoms with Gasteiger partial charge >= 0.3 is 0 Å². The Kier molecular flexibility index (Phi) is 5.02. The van der Waals surface area contributed by atoms with E-state index in [0.717, 1.165) is 35.2 Å². The number of carbonyl (C=O) groups excluding carboxylic acids is 2. The van der Waals surface area contributed by atoms with E-state index in [4.69, 9.17) is 4.74 Å². The van der Waals surface area contributed by atoms with E-state index in [9.17, 15) is 9.59 Å². The van der Waals surface area contributed by atoms with Gasteiger partial charge in [0.2, 0.25) is 11.8 Å². The number of rotatable bonds is 4. The summed E-state index contributed by atoms with van der Waals surface area (Å²) < 4.78 is 6.54. The molecule has 3 rings (SSSR count). The molecule has 0 saturated carbocycles. The lowest BCUT2D eigenvalue weighted by atomic mass is 10.1. The van der Waals surface area contributed by atoms with Crippen molar-refractivity contribution in [2.45, 2.75) is 32.3 Å². The maximum absolute atomic E-state index is 12.4. The van der Waals surface area contributed by atoms with Crippen molar-refractivity contribution in [2.75, 3.05) is 25.0 Å². The molecule has 2 saturated heterocycles. The number of ether oxygens (including phenoxy) is 1. The van der Waals surface area contributed by atoms with Crippen molar-refractivity contribution in [1.82, 2.24) is 4.90 Å². The van der Waals surface area contributed by atoms with Crippen molar-refractivity contribution < 1.29 is 14.3 Å². The van der Waals surface area contributed by atoms with Crippen molar-refractivity contribution >= 4 is 33.4 Å². The first-order chi connectivity index (χ1) is 11.0. The van der Waals surface area contributed by atoms with Gasteiger partial charge in [0.05, 0.1) is 12.0 Å². The fraction of sp³-hybridized carbons (Fsp3) is 0.529. The fourth-order valence-electron chi connectivity index (χ4n) is 3.07. The summed E-state index contributed by atoms with van der Waals surface area (Å²) in [6.07, 6.45) is 2.47. The molecule has 124 valence electrons. The monoisotopic (exact) mass is 380 g/mol. The molecule has 2 unspecified atom stereocenters. The van der Waals surface area contributed by atoms with E-state index in [1.54, 1.807) is 4.90 Å². The van der Waals surface area contributed by atoms with E-state index < -0.39 is 0 Å². The summed E-state index contributed by atoms with van der Waals surface area (Å²) in [6, 6.07) is 5.70. The van der Waals surface area contributed by atoms with Crippen molar-refractivity contribution in [3.8, 4) is 0 Å². The van der Waals surface area contributed by atoms with Crippen LogP contribution in [0.2, 0.25) is 0 Å². The van der Waals surface area contributed by atoms with Crippen molar-refractivity contribution in [3.05, 3.63) is 28.2 Å². The lowest BCUT2D eigenvalue weighted by molar-refractivity contribution is -0.129. The molecule has 5 nitrogen and oxygen atoms in total. The predicted molar refractivity (Wildman–Crippen MR) is 91.2 cm³/mol. The molecule has 1 aromatic carbocycles. The molecule has 0 aliphatic carbocycles. The third kappa shape index (κ3) is 3.93. The van der Waals surface area contributed by atoms with Crippen LogP contribution in [0.3, 0.4) is 0 Å². The van der Waals surface area contributed by atoms with Crippen LogP contribution < -0.4 is 5.32 Å². The molecule has 1 aromatic rings. The average Bonchev–Trinajstić information content (AvgIpc) is 3.14. The maximum Gasteiger partial charge on any atom is 0.229 e. The second-order valence-corrected chi connectivity index (χ2v) is 7.14. The second-order valence-electron chi connectivity index (χ2n) is 6.29. The van der Waals surface area contributed by atoms with Crippen LogP contribution in [0, 0.1) is 12.8 Å². The van der Waals surface area contributed by atoms with Crippen LogP contribution in [0.4, 0.5) is 5.69 Å². The topological polar surface area (TPSA) is 58.6 Å². The molecule has 0 aromatic heterocycles. The van der Waals surface area contributed by atoms with Crippen molar-refractivity contribution in [1.29, 1.82) is 0 Å². The molecule has 0 bridgehead atoms. The summed E-state index contributed by atoms with van der Waals surface area (Å²) in [5.74, 6) is -0.335. The quantitative estimate of drug-likeness (QED) is 0.873. The van der Waals surface area contributed by atoms with Crippen LogP contribution in [0.15, 0.2) is 22.7 Å². The van der Waals surface area contributed by atoms with Crippen LogP contribution >= 0.6 is 15.9 Å². The third-order valence-corrected chi connectivity index (χ3v) is 5.33. The van der Waals surface area contributed by atoms with Gasteiger partial charge in [0.15, 0.2) is 0 Å². The molecule has 2 fully saturated rings. The second kappa shape index (κ2) is 7.01. The van der Waals surface area contributed by atoms with Crippen LogP contribution in [-0.4, -0.2) is 42.5 Å². The number of likely N-dealkylation sites (tertiary alicyclic amines) is 1. The van der Waals surface area contributed by atoms with E-state index in [-0.39, 0.29) is 30.3 Å². The van der Waals surface area contributed by atoms with Crippen molar-refractivity contribution in [2.24, 2.45) is 5.92 Å². The Morgan fingerprint density at radius 1 is 1.48 bits per heavy atom. The van der Waals surface area contributed by atoms with Crippen LogP contribution in [0.1, 0.15) is 24.8 Å². The normalized spacial score (nSPS) is 24.3. The number of halogens is 1. The Hall–Kier alpha value is -1.40. The van der Waals surface area contributed by atoms with E-state index in [1.807, 2.05) is 25.1 Å². The number of hydrogen-bond donors (Lipinski definition) is 1. The number of benzene rings is 1. The molecule has 2 heterocycles. The Morgan fingerprint density at radius 3 is 3.00 bits per heavy atom. The third-order valence-electron chi connectivity index (χ3n) is 4.47. The van der Waals surface area contributed by atoms with Gasteiger partial charge in [-0.15, -0.1) is 0 Å². The highest BCUT2D eigenvalue weighted by atomic mass is 79.9. The van der Waals surface area contributed by atoms with Gasteiger partial charge < -0.3 is 15.0 Å². The predicted octanol–water partition coefficient (Wildman–Crippen LogP) is 2.72. The van der Waals surface area contributed by atoms with Crippen LogP contribution in [0.25, 0.3) is 0 Å². The molecular weight excluding hydrogens is 360 g/mol. The summed E-state index contributed by atoms with van der Waals surface area (Å²) in [7, 11) is 0. The minimum absolute atomic E-state index is 0.0470. The Morgan fingerprint density at radius 2 is 2.30 bits per heavy atom. The first-order valence-corrected chi connectivity index (χ1v) is 8.78. The molecule has 1 N–H and O–H groups in total. The van der Waals surface area contributed by atoms with Gasteiger partial charge in [0, 0.05) is 36.3 Å². The molecule has 2 aliphatic heterocycles. The van der Waals surface area contributed by atoms with E-state index in [1.165, 1.54) is 0 Å². The van der Waals surface area contributed by atoms with Gasteiger partial charge in [0.25, 0.3) is 0 Å². The van der Waals surface area contributed by atoms with E-state index in [2.05, 4.69) is 21.2 Å². The minimum atomic E-state index is -0.288. The molecular formula is C17H21BrN2O3. The standard InChI is InChI=1S/C17H21BrN2O3/c1-11-4-5-13(8-15(11)18)19-17(22)12-7-16(21)20(9-12)10-14-3-2-6-23-14/h4-5,8,12,14H,2-3,6-7,9-10H2,1H3,(H,19,22). The number of anilines is 1. The zero-order chi connectivity index (χ0) is 16.4. The first kappa shape index (κ1) is 16.5. The van der Waals surface area contributed by atoms with E-state index >= 15 is 0 Å². The fourth-order valence-corrected chi connectivity index (χ4v) is 3.45. The smallest absolute Gasteiger partial charge is 0.229 e. The highest BCUT2D eigenvalue weighted by molar-refractivity contribution is 9.10. The average molecular weight is 381 g/mol. The highest BCUT2D eigenvalue weighted by Crippen LogP contribution is 2.24. The van der Waals surface area contributed by atoms with Gasteiger partial charge in [-0.25, -0.2) is 0 Å². The number of amides is 2. The highest BCUT2D eigenvalue weighted by Gasteiger charge is 2.35. The van der Waals surface area contributed by atoms with Crippen molar-refractivity contribution in [3.63, 3.8) is 0 Å². The zero-order valence-corrected chi connectivity index (χ0v) is 14.8. The maximum atomic E-state index is 12.4. The van der Waals surface area contributed by atoms with Gasteiger partial charge in [-0.3, -0.25) is 9.59 Å². The molecule has 0 spiro atoms. The summed E-state index contributed by atoms with van der Waals surface area (Å²) in [6.45, 7) is 3.86. The van der Waals surface area contributed by atoms with Crippen LogP contribution in [-0.2, 0) is 14.3 Å². The number of aryl methyl sites for hydroxylation is 1. The summed E-state index contributed by atoms with van der Waals surface area (Å²) in [4.78, 5) is 26.3. The Bertz CT molecular complexity index is 614. The Labute approximate surface area is 144 Å². The minimum Gasteiger partial charge on any atom is -0.376 e. The van der Waals surface area contributed by atoms with Gasteiger partial charge in [0.1, 0.15) is 0 Å². The number of nitrogens with one attached hydrogen (secondary N) is 1. The van der Waals surface area contributed by atoms with Gasteiger partial charge in [-0.2, -0.15) is 0 Å². The lowest BCUT2D eigenvalue weighted by Gasteiger charge is -2.20. The lowest BCUT2D eigenvalue weighted by Crippen LogP contribution is -2.34. The largest absolute Gasteiger partial charge is 0.376 e. The molecule has 2 amide bonds. The summed E-state index contributed by atoms with van der Waals surface area (Å²) in [5, 5.41) is 2.91. The molecule has 6 heteroatoms. The number of nitrogens with zero attached hydrogens (tertiary/aromatic N) is 1. The van der Waals surface area contributed by atoms with Gasteiger partial charge in [-0.1, -0.05) is 22.0 Å².